The van der Waals surface area contributed by atoms with Crippen LogP contribution in [-0.2, 0) is 28.6 Å². The average Bonchev–Trinajstić information content (AvgIpc) is 3.44. The molecule has 1 atom stereocenters. The summed E-state index contributed by atoms with van der Waals surface area (Å²) >= 11 is 0. The zero-order valence-corrected chi connectivity index (χ0v) is 51.9. The van der Waals surface area contributed by atoms with Gasteiger partial charge < -0.3 is 14.2 Å². The van der Waals surface area contributed by atoms with Crippen molar-refractivity contribution in [2.45, 2.75) is 354 Å². The summed E-state index contributed by atoms with van der Waals surface area (Å²) in [4.78, 5) is 38.4. The maximum atomic E-state index is 12.9. The Labute approximate surface area is 484 Å². The van der Waals surface area contributed by atoms with Crippen LogP contribution in [-0.4, -0.2) is 37.2 Å². The first-order valence-corrected chi connectivity index (χ1v) is 33.9. The molecule has 78 heavy (non-hydrogen) atoms. The molecule has 0 aliphatic heterocycles. The van der Waals surface area contributed by atoms with Crippen molar-refractivity contribution in [2.75, 3.05) is 13.2 Å². The molecule has 0 spiro atoms. The summed E-state index contributed by atoms with van der Waals surface area (Å²) in [6.07, 6.45) is 86.3. The van der Waals surface area contributed by atoms with Crippen LogP contribution >= 0.6 is 0 Å². The van der Waals surface area contributed by atoms with E-state index in [-0.39, 0.29) is 31.1 Å². The molecule has 0 heterocycles. The van der Waals surface area contributed by atoms with E-state index >= 15 is 0 Å². The zero-order chi connectivity index (χ0) is 56.4. The highest BCUT2D eigenvalue weighted by atomic mass is 16.6. The van der Waals surface area contributed by atoms with Crippen LogP contribution in [0.2, 0.25) is 0 Å². The van der Waals surface area contributed by atoms with E-state index in [1.54, 1.807) is 0 Å². The maximum Gasteiger partial charge on any atom is 0.306 e. The van der Waals surface area contributed by atoms with Crippen molar-refractivity contribution < 1.29 is 28.6 Å². The van der Waals surface area contributed by atoms with Crippen molar-refractivity contribution >= 4 is 17.9 Å². The van der Waals surface area contributed by atoms with E-state index in [0.717, 1.165) is 96.3 Å². The van der Waals surface area contributed by atoms with E-state index in [1.165, 1.54) is 212 Å². The number of hydrogen-bond donors (Lipinski definition) is 0. The van der Waals surface area contributed by atoms with E-state index < -0.39 is 6.10 Å². The third-order valence-electron chi connectivity index (χ3n) is 14.9. The number of carbonyl (C=O) groups excluding carboxylic acids is 3. The zero-order valence-electron chi connectivity index (χ0n) is 51.9. The first-order valence-electron chi connectivity index (χ1n) is 33.9. The molecule has 6 heteroatoms. The van der Waals surface area contributed by atoms with Gasteiger partial charge in [0.15, 0.2) is 6.10 Å². The van der Waals surface area contributed by atoms with E-state index in [1.807, 2.05) is 0 Å². The Balaban J connectivity index is 4.34. The van der Waals surface area contributed by atoms with Gasteiger partial charge in [-0.15, -0.1) is 0 Å². The van der Waals surface area contributed by atoms with Crippen LogP contribution < -0.4 is 0 Å². The lowest BCUT2D eigenvalue weighted by Gasteiger charge is -2.18. The van der Waals surface area contributed by atoms with Crippen molar-refractivity contribution in [3.05, 3.63) is 72.9 Å². The Morgan fingerprint density at radius 3 is 0.795 bits per heavy atom. The smallest absolute Gasteiger partial charge is 0.306 e. The molecule has 0 N–H and O–H groups in total. The first kappa shape index (κ1) is 74.8. The Morgan fingerprint density at radius 2 is 0.500 bits per heavy atom. The summed E-state index contributed by atoms with van der Waals surface area (Å²) in [7, 11) is 0. The lowest BCUT2D eigenvalue weighted by molar-refractivity contribution is -0.167. The molecule has 0 radical (unpaired) electrons. The molecule has 0 saturated carbocycles. The number of rotatable bonds is 62. The number of esters is 3. The Morgan fingerprint density at radius 1 is 0.269 bits per heavy atom. The molecular weight excluding hydrogens is 961 g/mol. The maximum absolute atomic E-state index is 12.9. The fraction of sp³-hybridized carbons (Fsp3) is 0.792. The van der Waals surface area contributed by atoms with Gasteiger partial charge in [-0.05, 0) is 109 Å². The second-order valence-electron chi connectivity index (χ2n) is 22.7. The summed E-state index contributed by atoms with van der Waals surface area (Å²) in [6, 6.07) is 0. The monoisotopic (exact) mass is 1090 g/mol. The summed E-state index contributed by atoms with van der Waals surface area (Å²) in [5, 5.41) is 0. The topological polar surface area (TPSA) is 78.9 Å². The van der Waals surface area contributed by atoms with E-state index in [9.17, 15) is 14.4 Å². The van der Waals surface area contributed by atoms with Crippen LogP contribution in [0.1, 0.15) is 348 Å². The van der Waals surface area contributed by atoms with Crippen LogP contribution in [0.25, 0.3) is 0 Å². The van der Waals surface area contributed by atoms with E-state index in [0.29, 0.717) is 19.3 Å². The minimum Gasteiger partial charge on any atom is -0.462 e. The predicted molar refractivity (Wildman–Crippen MR) is 339 cm³/mol. The van der Waals surface area contributed by atoms with Crippen molar-refractivity contribution in [3.63, 3.8) is 0 Å². The van der Waals surface area contributed by atoms with Gasteiger partial charge in [0.25, 0.3) is 0 Å². The Bertz CT molecular complexity index is 1440. The molecular formula is C72H128O6. The molecule has 0 aromatic heterocycles. The average molecular weight is 1090 g/mol. The third-order valence-corrected chi connectivity index (χ3v) is 14.9. The number of allylic oxidation sites excluding steroid dienone is 12. The molecule has 0 aliphatic rings. The molecule has 0 bridgehead atoms. The minimum atomic E-state index is -0.789. The first-order chi connectivity index (χ1) is 38.5. The van der Waals surface area contributed by atoms with Crippen molar-refractivity contribution in [3.8, 4) is 0 Å². The van der Waals surface area contributed by atoms with E-state index in [4.69, 9.17) is 14.2 Å². The van der Waals surface area contributed by atoms with Gasteiger partial charge in [-0.1, -0.05) is 293 Å². The normalized spacial score (nSPS) is 12.5. The Hall–Kier alpha value is -3.15. The number of unbranched alkanes of at least 4 members (excludes halogenated alkanes) is 39. The van der Waals surface area contributed by atoms with E-state index in [2.05, 4.69) is 93.7 Å². The summed E-state index contributed by atoms with van der Waals surface area (Å²) in [5.74, 6) is -0.895. The lowest BCUT2D eigenvalue weighted by atomic mass is 10.0. The van der Waals surface area contributed by atoms with Crippen LogP contribution in [0.3, 0.4) is 0 Å². The number of hydrogen-bond acceptors (Lipinski definition) is 6. The van der Waals surface area contributed by atoms with Crippen LogP contribution in [0.5, 0.6) is 0 Å². The molecule has 0 aromatic carbocycles. The largest absolute Gasteiger partial charge is 0.462 e. The lowest BCUT2D eigenvalue weighted by Crippen LogP contribution is -2.30. The highest BCUT2D eigenvalue weighted by Gasteiger charge is 2.19. The van der Waals surface area contributed by atoms with Crippen LogP contribution in [0.15, 0.2) is 72.9 Å². The molecule has 0 aliphatic carbocycles. The standard InChI is InChI=1S/C72H128O6/c1-4-7-10-13-16-19-22-25-28-31-33-34-35-36-37-38-39-42-44-47-50-53-56-59-62-65-71(74)77-68-69(67-76-70(73)64-61-58-55-52-49-46-43-40-30-27-24-21-18-15-12-9-6-3)78-72(75)66-63-60-57-54-51-48-45-41-32-29-26-23-20-17-14-11-8-5-2/h9,12,18,21,27,29-33,43,46,69H,4-8,10-11,13-17,19-20,22-26,28,34-42,44-45,47-68H2,1-3H3/b12-9-,21-18-,30-27-,32-29-,33-31-,46-43-. The summed E-state index contributed by atoms with van der Waals surface area (Å²) in [6.45, 7) is 6.55. The molecule has 1 unspecified atom stereocenters. The SMILES string of the molecule is CC/C=C\C/C=C\C/C=C\C/C=C\CCCCCCC(=O)OCC(COC(=O)CCCCCCCCCCCCCCC/C=C\CCCCCCCCCC)OC(=O)CCCCCCCCC/C=C\CCCCCCCCC. The second kappa shape index (κ2) is 66.4. The molecule has 0 rings (SSSR count). The van der Waals surface area contributed by atoms with Gasteiger partial charge in [0.1, 0.15) is 13.2 Å². The highest BCUT2D eigenvalue weighted by molar-refractivity contribution is 5.71. The number of ether oxygens (including phenoxy) is 3. The third kappa shape index (κ3) is 63.7. The van der Waals surface area contributed by atoms with Gasteiger partial charge in [-0.3, -0.25) is 14.4 Å². The van der Waals surface area contributed by atoms with Crippen LogP contribution in [0.4, 0.5) is 0 Å². The van der Waals surface area contributed by atoms with Gasteiger partial charge >= 0.3 is 17.9 Å². The molecule has 0 aromatic rings. The van der Waals surface area contributed by atoms with Gasteiger partial charge in [0, 0.05) is 19.3 Å². The quantitative estimate of drug-likeness (QED) is 0.0261. The minimum absolute atomic E-state index is 0.0831. The second-order valence-corrected chi connectivity index (χ2v) is 22.7. The summed E-state index contributed by atoms with van der Waals surface area (Å²) < 4.78 is 17.0. The van der Waals surface area contributed by atoms with Crippen LogP contribution in [0, 0.1) is 0 Å². The van der Waals surface area contributed by atoms with Gasteiger partial charge in [-0.25, -0.2) is 0 Å². The van der Waals surface area contributed by atoms with Gasteiger partial charge in [0.2, 0.25) is 0 Å². The van der Waals surface area contributed by atoms with Gasteiger partial charge in [-0.2, -0.15) is 0 Å². The summed E-state index contributed by atoms with van der Waals surface area (Å²) in [5.41, 5.74) is 0. The molecule has 0 amide bonds. The molecule has 0 saturated heterocycles. The number of carbonyl (C=O) groups is 3. The molecule has 452 valence electrons. The molecule has 6 nitrogen and oxygen atoms in total. The highest BCUT2D eigenvalue weighted by Crippen LogP contribution is 2.17. The van der Waals surface area contributed by atoms with Crippen molar-refractivity contribution in [1.29, 1.82) is 0 Å². The van der Waals surface area contributed by atoms with Crippen molar-refractivity contribution in [1.82, 2.24) is 0 Å². The predicted octanol–water partition coefficient (Wildman–Crippen LogP) is 23.3. The Kier molecular flexibility index (Phi) is 63.7. The molecule has 0 fully saturated rings. The van der Waals surface area contributed by atoms with Crippen molar-refractivity contribution in [2.24, 2.45) is 0 Å². The van der Waals surface area contributed by atoms with Gasteiger partial charge in [0.05, 0.1) is 0 Å². The fourth-order valence-electron chi connectivity index (χ4n) is 9.84. The fourth-order valence-corrected chi connectivity index (χ4v) is 9.84.